The van der Waals surface area contributed by atoms with Crippen LogP contribution in [0.5, 0.6) is 0 Å². The van der Waals surface area contributed by atoms with Gasteiger partial charge in [-0.3, -0.25) is 0 Å². The second-order valence-corrected chi connectivity index (χ2v) is 41.5. The van der Waals surface area contributed by atoms with Gasteiger partial charge in [0.05, 0.1) is 52.4 Å². The quantitative estimate of drug-likeness (QED) is 0.0182. The Kier molecular flexibility index (Phi) is 43.3. The van der Waals surface area contributed by atoms with Gasteiger partial charge in [0.1, 0.15) is 11.5 Å². The highest BCUT2D eigenvalue weighted by Crippen LogP contribution is 2.27. The van der Waals surface area contributed by atoms with Gasteiger partial charge in [-0.25, -0.2) is 0 Å². The highest BCUT2D eigenvalue weighted by molar-refractivity contribution is 7.13. The van der Waals surface area contributed by atoms with Crippen molar-refractivity contribution in [3.63, 3.8) is 0 Å². The first-order chi connectivity index (χ1) is 68.6. The fourth-order valence-corrected chi connectivity index (χ4v) is 17.6. The van der Waals surface area contributed by atoms with Crippen molar-refractivity contribution >= 4 is 222 Å². The lowest BCUT2D eigenvalue weighted by atomic mass is 10.4. The number of aryl methyl sites for hydroxylation is 8. The molecule has 0 bridgehead atoms. The Labute approximate surface area is 865 Å². The first-order valence-electron chi connectivity index (χ1n) is 44.3. The van der Waals surface area contributed by atoms with Gasteiger partial charge >= 0.3 is 0 Å². The Bertz CT molecular complexity index is 6360. The number of nitrogen functional groups attached to an aromatic ring is 7. The Morgan fingerprint density at radius 3 is 0.694 bits per heavy atom. The first kappa shape index (κ1) is 112. The Morgan fingerprint density at radius 2 is 0.417 bits per heavy atom. The molecular weight excluding hydrogens is 1970 g/mol. The number of nitrogens with zero attached hydrogens (tertiary/aromatic N) is 31. The minimum Gasteiger partial charge on any atom is -0.465 e. The van der Waals surface area contributed by atoms with Crippen molar-refractivity contribution in [2.75, 3.05) is 240 Å². The summed E-state index contributed by atoms with van der Waals surface area (Å²) in [6.45, 7) is 22.0. The van der Waals surface area contributed by atoms with Gasteiger partial charge < -0.3 is 132 Å². The fraction of sp³-hybridized carbons (Fsp3) is 0.364. The average Bonchev–Trinajstić information content (AvgIpc) is 1.83. The third kappa shape index (κ3) is 38.8. The molecule has 768 valence electrons. The summed E-state index contributed by atoms with van der Waals surface area (Å²) in [4.78, 5) is 130. The van der Waals surface area contributed by atoms with Gasteiger partial charge in [-0.15, -0.1) is 79.4 Å². The van der Waals surface area contributed by atoms with Crippen LogP contribution in [-0.4, -0.2) is 232 Å². The maximum absolute atomic E-state index is 5.64. The molecule has 0 fully saturated rings. The first-order valence-corrected chi connectivity index (χ1v) is 50.0. The molecule has 49 nitrogen and oxygen atoms in total. The van der Waals surface area contributed by atoms with Gasteiger partial charge in [-0.2, -0.15) is 120 Å². The number of nitrogens with two attached hydrogens (primary N) is 7. The lowest BCUT2D eigenvalue weighted by molar-refractivity contribution is 0.490. The third-order valence-corrected chi connectivity index (χ3v) is 25.4. The number of furan rings is 1. The van der Waals surface area contributed by atoms with Crippen molar-refractivity contribution in [2.45, 2.75) is 108 Å². The Morgan fingerprint density at radius 1 is 0.215 bits per heavy atom. The van der Waals surface area contributed by atoms with E-state index in [0.29, 0.717) is 127 Å². The van der Waals surface area contributed by atoms with Crippen LogP contribution in [-0.2, 0) is 52.4 Å². The minimum atomic E-state index is 0.123. The molecule has 16 aromatic rings. The molecule has 0 spiro atoms. The molecule has 16 heterocycles. The van der Waals surface area contributed by atoms with Gasteiger partial charge in [0, 0.05) is 181 Å². The van der Waals surface area contributed by atoms with E-state index >= 15 is 0 Å². The van der Waals surface area contributed by atoms with Crippen molar-refractivity contribution in [1.82, 2.24) is 120 Å². The van der Waals surface area contributed by atoms with E-state index in [2.05, 4.69) is 306 Å². The number of aromatic nitrogens is 24. The number of rotatable bonds is 33. The Balaban J connectivity index is 0.000000184. The van der Waals surface area contributed by atoms with E-state index in [1.807, 2.05) is 133 Å². The van der Waals surface area contributed by atoms with Crippen LogP contribution in [0.4, 0.5) is 143 Å². The van der Waals surface area contributed by atoms with E-state index in [9.17, 15) is 0 Å². The van der Waals surface area contributed by atoms with Crippen LogP contribution in [0.3, 0.4) is 0 Å². The third-order valence-electron chi connectivity index (χ3n) is 18.4. The number of nitrogens with one attached hydrogen (secondary N) is 10. The summed E-state index contributed by atoms with van der Waals surface area (Å²) in [6, 6.07) is 33.2. The lowest BCUT2D eigenvalue weighted by Crippen LogP contribution is -2.20. The SMILES string of the molecule is CNc1nc(N)nc(N(C)Cc2ccc(C)s2)n1.CNc1nc(N)nc(NCc2ccc(C)s2)n1.CNc1nc(NC)nc(NCc2ccc(C)s2)n1.Cc1ccc(CN(C)c2nc(N)nc(N)n2)s1.Cc1ccc(CNc2nc(N(C)C)nc(N(C)C)n2)o1.Cc1ccc(CNc2nc(N(C)C)nc(N(C)C)n2)s1.Cc1ccc(CNc2nc(N)nc(N(C)C)n2)s1.Cc1ccc(CNc2nc(N)nc(N)n2)s1. The molecule has 0 radical (unpaired) electrons. The molecule has 16 rings (SSSR count). The molecule has 144 heavy (non-hydrogen) atoms. The average molecular weight is 2100 g/mol. The summed E-state index contributed by atoms with van der Waals surface area (Å²) in [7, 11) is 29.9. The van der Waals surface area contributed by atoms with E-state index in [1.165, 1.54) is 68.3 Å². The molecule has 0 aliphatic rings. The maximum atomic E-state index is 5.64. The molecule has 0 amide bonds. The van der Waals surface area contributed by atoms with Gasteiger partial charge in [-0.05, 0) is 152 Å². The molecule has 16 aromatic heterocycles. The predicted molar refractivity (Wildman–Crippen MR) is 594 cm³/mol. The number of hydrogen-bond donors (Lipinski definition) is 17. The molecule has 0 aromatic carbocycles. The highest BCUT2D eigenvalue weighted by Gasteiger charge is 2.18. The van der Waals surface area contributed by atoms with E-state index in [0.717, 1.165) is 37.7 Å². The van der Waals surface area contributed by atoms with Crippen LogP contribution in [0.15, 0.2) is 101 Å². The van der Waals surface area contributed by atoms with Crippen LogP contribution < -0.4 is 128 Å². The zero-order chi connectivity index (χ0) is 105. The topological polar surface area (TPSA) is 648 Å². The summed E-state index contributed by atoms with van der Waals surface area (Å²) in [5.41, 5.74) is 38.8. The zero-order valence-corrected chi connectivity index (χ0v) is 90.8. The predicted octanol–water partition coefficient (Wildman–Crippen LogP) is 12.0. The fourth-order valence-electron chi connectivity index (χ4n) is 11.5. The summed E-state index contributed by atoms with van der Waals surface area (Å²) in [5.74, 6) is 12.1. The summed E-state index contributed by atoms with van der Waals surface area (Å²) in [6.07, 6.45) is 0. The molecule has 24 N–H and O–H groups in total. The van der Waals surface area contributed by atoms with Crippen molar-refractivity contribution in [1.29, 1.82) is 0 Å². The van der Waals surface area contributed by atoms with E-state index in [1.54, 1.807) is 112 Å². The van der Waals surface area contributed by atoms with Gasteiger partial charge in [0.25, 0.3) is 0 Å². The molecule has 0 aliphatic heterocycles. The standard InChI is InChI=1S/C13H20N6O.C13H20N6S.3C11H16N6S.2C10H14N6S.C9H12N6S/c2*1-9-6-7-10(20-9)8-14-11-15-12(18(2)3)17-13(16-11)19(4)5;1-7-4-5-8(18-7)6-13-10-14-9(12)15-11(16-10)17(2)3;1-7-4-5-8(18-7)6-17(3)11-15-9(12)14-10(13-2)16-11;1-7-4-5-8(18-7)6-14-11-16-9(12-2)15-10(13-3)17-11;1-6-3-4-7(17-6)5-16(2)10-14-8(11)13-9(12)15-10;1-6-3-4-7(17-6)5-13-10-15-8(11)14-9(12-2)16-10;1-5-2-3-6(16-5)4-12-9-14-7(10)13-8(11)15-9/h2*6-7H,8H2,1-5H3,(H,14,15,16,17);2*4-5H,6H2,1-3H3,(H3,12,13,14,15,16);4-5H,6H2,1-3H3,(H3,12,13,14,15,16,17);3-4H,5H2,1-2H3,(H4,11,12,13,14,15);3-4H,5H2,1-2H3,(H4,11,12,13,14,15,16);2-3H,4H2,1H3,(H5,10,11,12,13,14,15). The van der Waals surface area contributed by atoms with Crippen molar-refractivity contribution in [3.8, 4) is 0 Å². The number of anilines is 24. The van der Waals surface area contributed by atoms with E-state index in [4.69, 9.17) is 44.6 Å². The molecule has 0 saturated heterocycles. The largest absolute Gasteiger partial charge is 0.465 e. The molecule has 0 aliphatic carbocycles. The van der Waals surface area contributed by atoms with Crippen molar-refractivity contribution in [3.05, 3.63) is 177 Å². The monoisotopic (exact) mass is 2100 g/mol. The minimum absolute atomic E-state index is 0.123. The van der Waals surface area contributed by atoms with Gasteiger partial charge in [0.15, 0.2) is 0 Å². The molecule has 56 heteroatoms. The normalized spacial score (nSPS) is 10.4. The number of thiophene rings is 7. The van der Waals surface area contributed by atoms with Crippen LogP contribution in [0.1, 0.15) is 79.8 Å². The summed E-state index contributed by atoms with van der Waals surface area (Å²) in [5, 5.41) is 30.4. The Hall–Kier alpha value is -15.5. The summed E-state index contributed by atoms with van der Waals surface area (Å²) >= 11 is 12.3. The molecule has 0 saturated carbocycles. The van der Waals surface area contributed by atoms with E-state index < -0.39 is 0 Å². The van der Waals surface area contributed by atoms with Crippen molar-refractivity contribution in [2.24, 2.45) is 0 Å². The van der Waals surface area contributed by atoms with Crippen LogP contribution in [0.25, 0.3) is 0 Å². The second kappa shape index (κ2) is 55.6. The van der Waals surface area contributed by atoms with E-state index in [-0.39, 0.29) is 41.6 Å². The van der Waals surface area contributed by atoms with Gasteiger partial charge in [0.2, 0.25) is 143 Å². The molecule has 0 atom stereocenters. The second-order valence-electron chi connectivity index (χ2n) is 31.9. The van der Waals surface area contributed by atoms with Gasteiger partial charge in [-0.1, -0.05) is 0 Å². The zero-order valence-electron chi connectivity index (χ0n) is 85.1. The smallest absolute Gasteiger partial charge is 0.232 e. The maximum Gasteiger partial charge on any atom is 0.232 e. The van der Waals surface area contributed by atoms with Crippen LogP contribution in [0.2, 0.25) is 0 Å². The van der Waals surface area contributed by atoms with Crippen molar-refractivity contribution < 1.29 is 4.42 Å². The molecular formula is C88H128N48OS7. The molecule has 0 unspecified atom stereocenters. The number of hydrogen-bond acceptors (Lipinski definition) is 56. The highest BCUT2D eigenvalue weighted by atomic mass is 32.1. The summed E-state index contributed by atoms with van der Waals surface area (Å²) < 4.78 is 5.51. The van der Waals surface area contributed by atoms with Crippen LogP contribution in [0, 0.1) is 55.4 Å². The van der Waals surface area contributed by atoms with Crippen LogP contribution >= 0.6 is 79.4 Å². The lowest BCUT2D eigenvalue weighted by Gasteiger charge is -2.16.